The van der Waals surface area contributed by atoms with Crippen LogP contribution in [0.2, 0.25) is 0 Å². The highest BCUT2D eigenvalue weighted by Crippen LogP contribution is 2.28. The maximum Gasteiger partial charge on any atom is 0.161 e. The summed E-state index contributed by atoms with van der Waals surface area (Å²) in [6.07, 6.45) is 6.27. The van der Waals surface area contributed by atoms with E-state index >= 15 is 0 Å². The fraction of sp³-hybridized carbons (Fsp3) is 0.353. The van der Waals surface area contributed by atoms with Crippen LogP contribution in [-0.2, 0) is 6.54 Å². The van der Waals surface area contributed by atoms with E-state index in [0.29, 0.717) is 5.92 Å². The first-order valence-corrected chi connectivity index (χ1v) is 8.88. The third kappa shape index (κ3) is 2.61. The zero-order chi connectivity index (χ0) is 14.8. The predicted molar refractivity (Wildman–Crippen MR) is 90.8 cm³/mol. The molecule has 3 aromatic rings. The molecule has 5 heteroatoms. The Balaban J connectivity index is 1.79. The largest absolute Gasteiger partial charge is 0.307 e. The molecule has 1 fully saturated rings. The summed E-state index contributed by atoms with van der Waals surface area (Å²) in [5.74, 6) is 4.16. The Morgan fingerprint density at radius 1 is 1.14 bits per heavy atom. The van der Waals surface area contributed by atoms with Crippen molar-refractivity contribution in [1.29, 1.82) is 0 Å². The molecule has 0 saturated carbocycles. The van der Waals surface area contributed by atoms with Gasteiger partial charge >= 0.3 is 0 Å². The van der Waals surface area contributed by atoms with E-state index in [0.717, 1.165) is 29.2 Å². The second-order valence-corrected chi connectivity index (χ2v) is 6.84. The van der Waals surface area contributed by atoms with Gasteiger partial charge < -0.3 is 4.57 Å². The Morgan fingerprint density at radius 3 is 2.91 bits per heavy atom. The molecule has 4 nitrogen and oxygen atoms in total. The summed E-state index contributed by atoms with van der Waals surface area (Å²) < 4.78 is 2.26. The lowest BCUT2D eigenvalue weighted by atomic mass is 10.1. The van der Waals surface area contributed by atoms with E-state index in [1.54, 1.807) is 0 Å². The summed E-state index contributed by atoms with van der Waals surface area (Å²) in [5, 5.41) is 0. The van der Waals surface area contributed by atoms with E-state index in [1.807, 2.05) is 42.7 Å². The van der Waals surface area contributed by atoms with Gasteiger partial charge in [-0.05, 0) is 54.5 Å². The number of thioether (sulfide) groups is 1. The van der Waals surface area contributed by atoms with E-state index in [9.17, 15) is 0 Å². The lowest BCUT2D eigenvalue weighted by Crippen LogP contribution is -2.18. The molecule has 1 unspecified atom stereocenters. The van der Waals surface area contributed by atoms with Crippen LogP contribution in [0.5, 0.6) is 0 Å². The molecular weight excluding hydrogens is 292 g/mol. The predicted octanol–water partition coefficient (Wildman–Crippen LogP) is 3.64. The first-order chi connectivity index (χ1) is 10.9. The van der Waals surface area contributed by atoms with Crippen LogP contribution >= 0.6 is 11.8 Å². The van der Waals surface area contributed by atoms with Gasteiger partial charge in [-0.25, -0.2) is 9.97 Å². The summed E-state index contributed by atoms with van der Waals surface area (Å²) in [6, 6.07) is 9.94. The number of aromatic nitrogens is 4. The summed E-state index contributed by atoms with van der Waals surface area (Å²) >= 11 is 2.06. The highest BCUT2D eigenvalue weighted by molar-refractivity contribution is 7.99. The smallest absolute Gasteiger partial charge is 0.161 e. The van der Waals surface area contributed by atoms with Gasteiger partial charge in [-0.2, -0.15) is 11.8 Å². The molecule has 112 valence electrons. The Labute approximate surface area is 134 Å². The Hall–Kier alpha value is -1.88. The van der Waals surface area contributed by atoms with Crippen LogP contribution in [-0.4, -0.2) is 31.0 Å². The third-order valence-corrected chi connectivity index (χ3v) is 5.38. The van der Waals surface area contributed by atoms with Crippen LogP contribution in [0.15, 0.2) is 42.7 Å². The van der Waals surface area contributed by atoms with Gasteiger partial charge in [0.25, 0.3) is 0 Å². The first-order valence-electron chi connectivity index (χ1n) is 7.72. The van der Waals surface area contributed by atoms with Crippen molar-refractivity contribution in [2.75, 3.05) is 11.5 Å². The highest BCUT2D eigenvalue weighted by Gasteiger charge is 2.20. The summed E-state index contributed by atoms with van der Waals surface area (Å²) in [6.45, 7) is 0.979. The van der Waals surface area contributed by atoms with Crippen molar-refractivity contribution >= 4 is 22.9 Å². The van der Waals surface area contributed by atoms with Crippen LogP contribution < -0.4 is 0 Å². The number of rotatable bonds is 3. The molecule has 1 saturated heterocycles. The van der Waals surface area contributed by atoms with Gasteiger partial charge in [0, 0.05) is 18.9 Å². The second kappa shape index (κ2) is 6.08. The number of hydrogen-bond acceptors (Lipinski definition) is 4. The number of nitrogens with zero attached hydrogens (tertiary/aromatic N) is 4. The molecule has 0 aliphatic carbocycles. The fourth-order valence-electron chi connectivity index (χ4n) is 3.03. The minimum atomic E-state index is 0.695. The minimum Gasteiger partial charge on any atom is -0.307 e. The molecule has 0 spiro atoms. The van der Waals surface area contributed by atoms with Crippen molar-refractivity contribution in [3.8, 4) is 11.5 Å². The minimum absolute atomic E-state index is 0.695. The maximum atomic E-state index is 4.78. The van der Waals surface area contributed by atoms with E-state index < -0.39 is 0 Å². The fourth-order valence-corrected chi connectivity index (χ4v) is 4.17. The average molecular weight is 310 g/mol. The van der Waals surface area contributed by atoms with Crippen LogP contribution in [0.25, 0.3) is 22.7 Å². The number of pyridine rings is 2. The van der Waals surface area contributed by atoms with Crippen LogP contribution in [0.1, 0.15) is 12.8 Å². The van der Waals surface area contributed by atoms with E-state index in [-0.39, 0.29) is 0 Å². The van der Waals surface area contributed by atoms with Crippen molar-refractivity contribution in [2.45, 2.75) is 19.4 Å². The molecule has 0 bridgehead atoms. The van der Waals surface area contributed by atoms with Crippen LogP contribution in [0, 0.1) is 5.92 Å². The number of imidazole rings is 1. The van der Waals surface area contributed by atoms with E-state index in [1.165, 1.54) is 24.3 Å². The SMILES string of the molecule is c1ccc(-c2nc3cccnc3n2CC2CCCSC2)nc1. The van der Waals surface area contributed by atoms with Gasteiger partial charge in [0.05, 0.1) is 0 Å². The van der Waals surface area contributed by atoms with Gasteiger partial charge in [0.15, 0.2) is 11.5 Å². The summed E-state index contributed by atoms with van der Waals surface area (Å²) in [5.41, 5.74) is 2.84. The summed E-state index contributed by atoms with van der Waals surface area (Å²) in [7, 11) is 0. The average Bonchev–Trinajstić information content (AvgIpc) is 2.95. The molecule has 4 heterocycles. The van der Waals surface area contributed by atoms with Gasteiger partial charge in [-0.15, -0.1) is 0 Å². The molecule has 4 rings (SSSR count). The van der Waals surface area contributed by atoms with Crippen molar-refractivity contribution < 1.29 is 0 Å². The molecule has 22 heavy (non-hydrogen) atoms. The Bertz CT molecular complexity index is 763. The number of hydrogen-bond donors (Lipinski definition) is 0. The molecule has 0 aromatic carbocycles. The monoisotopic (exact) mass is 310 g/mol. The van der Waals surface area contributed by atoms with Gasteiger partial charge in [-0.3, -0.25) is 4.98 Å². The molecule has 0 N–H and O–H groups in total. The van der Waals surface area contributed by atoms with Crippen molar-refractivity contribution in [3.63, 3.8) is 0 Å². The lowest BCUT2D eigenvalue weighted by molar-refractivity contribution is 0.453. The van der Waals surface area contributed by atoms with Crippen molar-refractivity contribution in [1.82, 2.24) is 19.5 Å². The standard InChI is InChI=1S/C17H18N4S/c1-2-8-18-14(6-1)17-20-15-7-3-9-19-16(15)21(17)11-13-5-4-10-22-12-13/h1-3,6-9,13H,4-5,10-12H2. The van der Waals surface area contributed by atoms with Crippen LogP contribution in [0.4, 0.5) is 0 Å². The summed E-state index contributed by atoms with van der Waals surface area (Å²) in [4.78, 5) is 13.8. The zero-order valence-electron chi connectivity index (χ0n) is 12.4. The molecule has 0 radical (unpaired) electrons. The van der Waals surface area contributed by atoms with Gasteiger partial charge in [-0.1, -0.05) is 6.07 Å². The molecule has 1 atom stereocenters. The van der Waals surface area contributed by atoms with Gasteiger partial charge in [0.1, 0.15) is 11.2 Å². The normalized spacial score (nSPS) is 18.6. The zero-order valence-corrected chi connectivity index (χ0v) is 13.2. The third-order valence-electron chi connectivity index (χ3n) is 4.09. The second-order valence-electron chi connectivity index (χ2n) is 5.69. The van der Waals surface area contributed by atoms with Crippen molar-refractivity contribution in [2.24, 2.45) is 5.92 Å². The van der Waals surface area contributed by atoms with Crippen LogP contribution in [0.3, 0.4) is 0 Å². The Morgan fingerprint density at radius 2 is 2.09 bits per heavy atom. The molecule has 0 amide bonds. The van der Waals surface area contributed by atoms with Crippen molar-refractivity contribution in [3.05, 3.63) is 42.7 Å². The topological polar surface area (TPSA) is 43.6 Å². The number of fused-ring (bicyclic) bond motifs is 1. The molecule has 1 aliphatic rings. The lowest BCUT2D eigenvalue weighted by Gasteiger charge is -2.22. The Kier molecular flexibility index (Phi) is 3.81. The highest BCUT2D eigenvalue weighted by atomic mass is 32.2. The molecular formula is C17H18N4S. The quantitative estimate of drug-likeness (QED) is 0.741. The molecule has 3 aromatic heterocycles. The molecule has 1 aliphatic heterocycles. The maximum absolute atomic E-state index is 4.78. The first kappa shape index (κ1) is 13.8. The van der Waals surface area contributed by atoms with E-state index in [2.05, 4.69) is 26.3 Å². The van der Waals surface area contributed by atoms with E-state index in [4.69, 9.17) is 4.98 Å². The van der Waals surface area contributed by atoms with Gasteiger partial charge in [0.2, 0.25) is 0 Å².